The second-order valence-corrected chi connectivity index (χ2v) is 4.96. The van der Waals surface area contributed by atoms with Gasteiger partial charge in [-0.05, 0) is 30.7 Å². The summed E-state index contributed by atoms with van der Waals surface area (Å²) in [6, 6.07) is 8.49. The lowest BCUT2D eigenvalue weighted by Gasteiger charge is -2.25. The van der Waals surface area contributed by atoms with Gasteiger partial charge in [0.15, 0.2) is 0 Å². The number of allylic oxidation sites excluding steroid dienone is 4. The van der Waals surface area contributed by atoms with E-state index < -0.39 is 0 Å². The SMILES string of the molecule is CCN1/C(=C\C=C\C=O)C(C)(C)c2ccccc21. The summed E-state index contributed by atoms with van der Waals surface area (Å²) in [4.78, 5) is 12.7. The van der Waals surface area contributed by atoms with Gasteiger partial charge in [0.2, 0.25) is 0 Å². The van der Waals surface area contributed by atoms with Gasteiger partial charge < -0.3 is 4.90 Å². The molecule has 0 saturated carbocycles. The number of benzene rings is 1. The van der Waals surface area contributed by atoms with Crippen molar-refractivity contribution >= 4 is 12.0 Å². The molecule has 2 rings (SSSR count). The Morgan fingerprint density at radius 2 is 1.94 bits per heavy atom. The standard InChI is InChI=1S/C16H19NO/c1-4-17-14-10-6-5-9-13(14)16(2,3)15(17)11-7-8-12-18/h5-12H,4H2,1-3H3/b8-7+,15-11-. The minimum Gasteiger partial charge on any atom is -0.344 e. The molecule has 0 radical (unpaired) electrons. The van der Waals surface area contributed by atoms with Gasteiger partial charge in [-0.3, -0.25) is 4.79 Å². The van der Waals surface area contributed by atoms with E-state index in [4.69, 9.17) is 0 Å². The lowest BCUT2D eigenvalue weighted by atomic mass is 9.84. The highest BCUT2D eigenvalue weighted by molar-refractivity contribution is 5.71. The Hall–Kier alpha value is -1.83. The van der Waals surface area contributed by atoms with Gasteiger partial charge in [0.05, 0.1) is 0 Å². The minimum atomic E-state index is -0.0141. The van der Waals surface area contributed by atoms with Crippen LogP contribution in [0.2, 0.25) is 0 Å². The van der Waals surface area contributed by atoms with Crippen molar-refractivity contribution < 1.29 is 4.79 Å². The first-order valence-corrected chi connectivity index (χ1v) is 6.32. The summed E-state index contributed by atoms with van der Waals surface area (Å²) in [5.41, 5.74) is 3.84. The Morgan fingerprint density at radius 1 is 1.22 bits per heavy atom. The molecule has 1 heterocycles. The lowest BCUT2D eigenvalue weighted by molar-refractivity contribution is -0.104. The number of rotatable bonds is 3. The van der Waals surface area contributed by atoms with Crippen molar-refractivity contribution in [2.24, 2.45) is 0 Å². The Bertz CT molecular complexity index is 512. The van der Waals surface area contributed by atoms with Crippen LogP contribution in [0.3, 0.4) is 0 Å². The lowest BCUT2D eigenvalue weighted by Crippen LogP contribution is -2.25. The molecule has 0 amide bonds. The molecule has 0 aliphatic carbocycles. The number of carbonyl (C=O) groups is 1. The van der Waals surface area contributed by atoms with Crippen molar-refractivity contribution in [1.29, 1.82) is 0 Å². The van der Waals surface area contributed by atoms with Crippen LogP contribution in [0.4, 0.5) is 5.69 Å². The Kier molecular flexibility index (Phi) is 3.37. The number of anilines is 1. The summed E-state index contributed by atoms with van der Waals surface area (Å²) >= 11 is 0. The normalized spacial score (nSPS) is 19.5. The van der Waals surface area contributed by atoms with Crippen LogP contribution >= 0.6 is 0 Å². The number of para-hydroxylation sites is 1. The van der Waals surface area contributed by atoms with Gasteiger partial charge in [0, 0.05) is 23.3 Å². The summed E-state index contributed by atoms with van der Waals surface area (Å²) in [7, 11) is 0. The van der Waals surface area contributed by atoms with Crippen LogP contribution in [-0.4, -0.2) is 12.8 Å². The van der Waals surface area contributed by atoms with Crippen LogP contribution in [0.25, 0.3) is 0 Å². The summed E-state index contributed by atoms with van der Waals surface area (Å²) in [6.07, 6.45) is 6.19. The van der Waals surface area contributed by atoms with Gasteiger partial charge in [0.25, 0.3) is 0 Å². The Balaban J connectivity index is 2.53. The van der Waals surface area contributed by atoms with Crippen molar-refractivity contribution in [3.05, 3.63) is 53.8 Å². The van der Waals surface area contributed by atoms with Crippen LogP contribution in [0, 0.1) is 0 Å². The van der Waals surface area contributed by atoms with Gasteiger partial charge in [0.1, 0.15) is 6.29 Å². The fraction of sp³-hybridized carbons (Fsp3) is 0.312. The zero-order valence-electron chi connectivity index (χ0n) is 11.2. The molecule has 2 nitrogen and oxygen atoms in total. The monoisotopic (exact) mass is 241 g/mol. The average molecular weight is 241 g/mol. The molecule has 0 saturated heterocycles. The van der Waals surface area contributed by atoms with Crippen molar-refractivity contribution in [3.63, 3.8) is 0 Å². The first-order chi connectivity index (χ1) is 8.62. The minimum absolute atomic E-state index is 0.0141. The predicted octanol–water partition coefficient (Wildman–Crippen LogP) is 3.44. The van der Waals surface area contributed by atoms with E-state index in [1.54, 1.807) is 0 Å². The van der Waals surface area contributed by atoms with Crippen molar-refractivity contribution in [1.82, 2.24) is 0 Å². The van der Waals surface area contributed by atoms with E-state index in [0.717, 1.165) is 12.8 Å². The number of aldehydes is 1. The van der Waals surface area contributed by atoms with E-state index in [2.05, 4.69) is 49.9 Å². The third-order valence-corrected chi connectivity index (χ3v) is 3.56. The third-order valence-electron chi connectivity index (χ3n) is 3.56. The van der Waals surface area contributed by atoms with Crippen LogP contribution in [0.5, 0.6) is 0 Å². The topological polar surface area (TPSA) is 20.3 Å². The highest BCUT2D eigenvalue weighted by Gasteiger charge is 2.38. The highest BCUT2D eigenvalue weighted by Crippen LogP contribution is 2.47. The fourth-order valence-electron chi connectivity index (χ4n) is 2.67. The third kappa shape index (κ3) is 1.88. The first kappa shape index (κ1) is 12.6. The maximum absolute atomic E-state index is 10.4. The molecule has 1 aliphatic heterocycles. The molecule has 0 fully saturated rings. The largest absolute Gasteiger partial charge is 0.344 e. The molecule has 2 heteroatoms. The molecule has 94 valence electrons. The molecule has 18 heavy (non-hydrogen) atoms. The number of carbonyl (C=O) groups excluding carboxylic acids is 1. The van der Waals surface area contributed by atoms with E-state index in [1.807, 2.05) is 12.2 Å². The zero-order chi connectivity index (χ0) is 13.2. The molecular weight excluding hydrogens is 222 g/mol. The number of fused-ring (bicyclic) bond motifs is 1. The average Bonchev–Trinajstić information content (AvgIpc) is 2.59. The van der Waals surface area contributed by atoms with E-state index in [9.17, 15) is 4.79 Å². The highest BCUT2D eigenvalue weighted by atomic mass is 16.1. The predicted molar refractivity (Wildman–Crippen MR) is 75.8 cm³/mol. The van der Waals surface area contributed by atoms with Crippen molar-refractivity contribution in [2.45, 2.75) is 26.2 Å². The molecule has 0 bridgehead atoms. The Labute approximate surface area is 109 Å². The smallest absolute Gasteiger partial charge is 0.142 e. The van der Waals surface area contributed by atoms with Crippen LogP contribution in [0.15, 0.2) is 48.2 Å². The van der Waals surface area contributed by atoms with Gasteiger partial charge in [-0.15, -0.1) is 0 Å². The van der Waals surface area contributed by atoms with Crippen molar-refractivity contribution in [3.8, 4) is 0 Å². The van der Waals surface area contributed by atoms with Crippen molar-refractivity contribution in [2.75, 3.05) is 11.4 Å². The van der Waals surface area contributed by atoms with E-state index in [0.29, 0.717) is 0 Å². The quantitative estimate of drug-likeness (QED) is 0.597. The zero-order valence-corrected chi connectivity index (χ0v) is 11.2. The fourth-order valence-corrected chi connectivity index (χ4v) is 2.67. The van der Waals surface area contributed by atoms with E-state index >= 15 is 0 Å². The summed E-state index contributed by atoms with van der Waals surface area (Å²) in [5.74, 6) is 0. The van der Waals surface area contributed by atoms with Crippen LogP contribution < -0.4 is 4.90 Å². The first-order valence-electron chi connectivity index (χ1n) is 6.32. The van der Waals surface area contributed by atoms with Crippen LogP contribution in [-0.2, 0) is 10.2 Å². The molecular formula is C16H19NO. The maximum Gasteiger partial charge on any atom is 0.142 e. The second-order valence-electron chi connectivity index (χ2n) is 4.96. The molecule has 0 N–H and O–H groups in total. The second kappa shape index (κ2) is 4.81. The summed E-state index contributed by atoms with van der Waals surface area (Å²) < 4.78 is 0. The van der Waals surface area contributed by atoms with Gasteiger partial charge >= 0.3 is 0 Å². The van der Waals surface area contributed by atoms with Gasteiger partial charge in [-0.1, -0.05) is 38.1 Å². The molecule has 0 unspecified atom stereocenters. The number of hydrogen-bond acceptors (Lipinski definition) is 2. The van der Waals surface area contributed by atoms with Gasteiger partial charge in [-0.25, -0.2) is 0 Å². The summed E-state index contributed by atoms with van der Waals surface area (Å²) in [5, 5.41) is 0. The molecule has 1 aliphatic rings. The molecule has 0 atom stereocenters. The molecule has 0 aromatic heterocycles. The van der Waals surface area contributed by atoms with Gasteiger partial charge in [-0.2, -0.15) is 0 Å². The number of likely N-dealkylation sites (N-methyl/N-ethyl adjacent to an activating group) is 1. The maximum atomic E-state index is 10.4. The molecule has 1 aromatic carbocycles. The summed E-state index contributed by atoms with van der Waals surface area (Å²) in [6.45, 7) is 7.53. The number of hydrogen-bond donors (Lipinski definition) is 0. The number of nitrogens with zero attached hydrogens (tertiary/aromatic N) is 1. The van der Waals surface area contributed by atoms with Crippen LogP contribution in [0.1, 0.15) is 26.3 Å². The van der Waals surface area contributed by atoms with E-state index in [-0.39, 0.29) is 5.41 Å². The molecule has 0 spiro atoms. The van der Waals surface area contributed by atoms with E-state index in [1.165, 1.54) is 23.0 Å². The Morgan fingerprint density at radius 3 is 2.61 bits per heavy atom. The molecule has 1 aromatic rings.